The van der Waals surface area contributed by atoms with Crippen LogP contribution in [0, 0.1) is 11.8 Å². The Morgan fingerprint density at radius 3 is 2.74 bits per heavy atom. The molecule has 3 unspecified atom stereocenters. The molecule has 2 rings (SSSR count). The molecule has 3 N–H and O–H groups in total. The molecule has 1 aromatic heterocycles. The Morgan fingerprint density at radius 1 is 1.48 bits per heavy atom. The highest BCUT2D eigenvalue weighted by Crippen LogP contribution is 2.29. The second-order valence-corrected chi connectivity index (χ2v) is 7.89. The molecule has 0 aromatic carbocycles. The van der Waals surface area contributed by atoms with Gasteiger partial charge in [-0.05, 0) is 49.2 Å². The first-order chi connectivity index (χ1) is 11.0. The van der Waals surface area contributed by atoms with Crippen molar-refractivity contribution in [2.45, 2.75) is 52.1 Å². The number of piperidine rings is 1. The van der Waals surface area contributed by atoms with Crippen molar-refractivity contribution in [3.63, 3.8) is 0 Å². The Labute approximate surface area is 144 Å². The summed E-state index contributed by atoms with van der Waals surface area (Å²) in [7, 11) is 0. The molecule has 0 radical (unpaired) electrons. The van der Waals surface area contributed by atoms with Crippen LogP contribution in [0.15, 0.2) is 17.5 Å². The van der Waals surface area contributed by atoms with Crippen molar-refractivity contribution in [2.24, 2.45) is 17.6 Å². The Bertz CT molecular complexity index is 469. The zero-order valence-electron chi connectivity index (χ0n) is 14.6. The van der Waals surface area contributed by atoms with Crippen molar-refractivity contribution in [3.8, 4) is 0 Å². The van der Waals surface area contributed by atoms with Crippen LogP contribution in [0.2, 0.25) is 0 Å². The fourth-order valence-corrected chi connectivity index (χ4v) is 3.92. The first kappa shape index (κ1) is 18.4. The van der Waals surface area contributed by atoms with E-state index in [2.05, 4.69) is 41.6 Å². The third kappa shape index (κ3) is 5.03. The fourth-order valence-electron chi connectivity index (χ4n) is 3.06. The smallest absolute Gasteiger partial charge is 0.237 e. The molecular formula is C18H31N3OS. The Balaban J connectivity index is 1.97. The number of carbonyl (C=O) groups is 1. The maximum absolute atomic E-state index is 12.3. The topological polar surface area (TPSA) is 58.4 Å². The number of hydrogen-bond acceptors (Lipinski definition) is 4. The number of nitrogens with one attached hydrogen (secondary N) is 1. The molecule has 3 atom stereocenters. The number of thiophene rings is 1. The normalized spacial score (nSPS) is 20.9. The molecule has 1 aromatic rings. The minimum atomic E-state index is -0.412. The lowest BCUT2D eigenvalue weighted by molar-refractivity contribution is -0.123. The third-order valence-corrected chi connectivity index (χ3v) is 6.13. The minimum absolute atomic E-state index is 0.0220. The van der Waals surface area contributed by atoms with Gasteiger partial charge in [0.25, 0.3) is 0 Å². The quantitative estimate of drug-likeness (QED) is 0.804. The molecule has 130 valence electrons. The molecule has 0 saturated carbocycles. The van der Waals surface area contributed by atoms with E-state index in [0.717, 1.165) is 25.4 Å². The zero-order valence-corrected chi connectivity index (χ0v) is 15.4. The van der Waals surface area contributed by atoms with Gasteiger partial charge in [-0.3, -0.25) is 9.69 Å². The van der Waals surface area contributed by atoms with Gasteiger partial charge in [-0.25, -0.2) is 0 Å². The van der Waals surface area contributed by atoms with E-state index in [4.69, 9.17) is 5.73 Å². The lowest BCUT2D eigenvalue weighted by Crippen LogP contribution is -2.48. The molecule has 1 amide bonds. The van der Waals surface area contributed by atoms with Crippen LogP contribution in [0.4, 0.5) is 0 Å². The van der Waals surface area contributed by atoms with E-state index in [9.17, 15) is 4.79 Å². The average molecular weight is 338 g/mol. The fraction of sp³-hybridized carbons (Fsp3) is 0.722. The van der Waals surface area contributed by atoms with Crippen molar-refractivity contribution in [3.05, 3.63) is 22.4 Å². The molecule has 23 heavy (non-hydrogen) atoms. The number of nitrogens with zero attached hydrogens (tertiary/aromatic N) is 1. The summed E-state index contributed by atoms with van der Waals surface area (Å²) in [6.07, 6.45) is 3.40. The van der Waals surface area contributed by atoms with E-state index in [-0.39, 0.29) is 17.9 Å². The van der Waals surface area contributed by atoms with E-state index in [0.29, 0.717) is 6.54 Å². The zero-order chi connectivity index (χ0) is 16.8. The lowest BCUT2D eigenvalue weighted by Gasteiger charge is -2.36. The number of amides is 1. The molecule has 1 aliphatic rings. The Hall–Kier alpha value is -0.910. The number of likely N-dealkylation sites (tertiary alicyclic amines) is 1. The van der Waals surface area contributed by atoms with Crippen molar-refractivity contribution >= 4 is 17.2 Å². The number of nitrogens with two attached hydrogens (primary N) is 1. The lowest BCUT2D eigenvalue weighted by atomic mass is 9.97. The maximum Gasteiger partial charge on any atom is 0.237 e. The van der Waals surface area contributed by atoms with Crippen LogP contribution < -0.4 is 11.1 Å². The van der Waals surface area contributed by atoms with E-state index >= 15 is 0 Å². The van der Waals surface area contributed by atoms with Crippen molar-refractivity contribution < 1.29 is 4.79 Å². The van der Waals surface area contributed by atoms with Crippen LogP contribution in [-0.2, 0) is 4.79 Å². The van der Waals surface area contributed by atoms with Crippen LogP contribution in [0.1, 0.15) is 51.0 Å². The molecule has 0 spiro atoms. The molecule has 0 aliphatic carbocycles. The van der Waals surface area contributed by atoms with Gasteiger partial charge in [-0.15, -0.1) is 11.3 Å². The summed E-state index contributed by atoms with van der Waals surface area (Å²) < 4.78 is 0. The second-order valence-electron chi connectivity index (χ2n) is 6.91. The van der Waals surface area contributed by atoms with E-state index in [1.807, 2.05) is 6.92 Å². The van der Waals surface area contributed by atoms with Crippen LogP contribution >= 0.6 is 11.3 Å². The Morgan fingerprint density at radius 2 is 2.17 bits per heavy atom. The molecule has 5 heteroatoms. The van der Waals surface area contributed by atoms with Gasteiger partial charge in [-0.2, -0.15) is 0 Å². The molecule has 1 saturated heterocycles. The van der Waals surface area contributed by atoms with Gasteiger partial charge in [-0.1, -0.05) is 33.3 Å². The highest BCUT2D eigenvalue weighted by Gasteiger charge is 2.27. The van der Waals surface area contributed by atoms with Gasteiger partial charge in [0, 0.05) is 11.4 Å². The van der Waals surface area contributed by atoms with Gasteiger partial charge >= 0.3 is 0 Å². The predicted molar refractivity (Wildman–Crippen MR) is 97.5 cm³/mol. The maximum atomic E-state index is 12.3. The first-order valence-electron chi connectivity index (χ1n) is 8.83. The average Bonchev–Trinajstić information content (AvgIpc) is 3.09. The van der Waals surface area contributed by atoms with Gasteiger partial charge < -0.3 is 11.1 Å². The summed E-state index contributed by atoms with van der Waals surface area (Å²) in [5.41, 5.74) is 6.05. The van der Waals surface area contributed by atoms with Crippen LogP contribution in [0.25, 0.3) is 0 Å². The van der Waals surface area contributed by atoms with Gasteiger partial charge in [0.2, 0.25) is 5.91 Å². The number of carbonyl (C=O) groups excluding carboxylic acids is 1. The molecule has 4 nitrogen and oxygen atoms in total. The summed E-state index contributed by atoms with van der Waals surface area (Å²) in [4.78, 5) is 16.1. The second kappa shape index (κ2) is 8.81. The molecular weight excluding hydrogens is 306 g/mol. The van der Waals surface area contributed by atoms with Crippen LogP contribution in [0.3, 0.4) is 0 Å². The van der Waals surface area contributed by atoms with Crippen molar-refractivity contribution in [1.29, 1.82) is 0 Å². The first-order valence-corrected chi connectivity index (χ1v) is 9.71. The summed E-state index contributed by atoms with van der Waals surface area (Å²) in [5.74, 6) is 1.00. The molecule has 0 bridgehead atoms. The standard InChI is InChI=1S/C18H31N3OS/c1-4-14(3)17(19)18(22)20-12-15(16-6-5-11-23-16)21-9-7-13(2)8-10-21/h5-6,11,13-15,17H,4,7-10,12,19H2,1-3H3,(H,20,22). The largest absolute Gasteiger partial charge is 0.353 e. The highest BCUT2D eigenvalue weighted by atomic mass is 32.1. The van der Waals surface area contributed by atoms with Gasteiger partial charge in [0.1, 0.15) is 0 Å². The van der Waals surface area contributed by atoms with Gasteiger partial charge in [0.15, 0.2) is 0 Å². The molecule has 1 fully saturated rings. The monoisotopic (exact) mass is 337 g/mol. The highest BCUT2D eigenvalue weighted by molar-refractivity contribution is 7.10. The number of rotatable bonds is 7. The van der Waals surface area contributed by atoms with E-state index in [1.165, 1.54) is 17.7 Å². The number of hydrogen-bond donors (Lipinski definition) is 2. The summed E-state index contributed by atoms with van der Waals surface area (Å²) in [6.45, 7) is 9.30. The van der Waals surface area contributed by atoms with Gasteiger partial charge in [0.05, 0.1) is 12.1 Å². The molecule has 1 aliphatic heterocycles. The minimum Gasteiger partial charge on any atom is -0.353 e. The van der Waals surface area contributed by atoms with Crippen LogP contribution in [-0.4, -0.2) is 36.5 Å². The molecule has 2 heterocycles. The van der Waals surface area contributed by atoms with E-state index in [1.54, 1.807) is 11.3 Å². The predicted octanol–water partition coefficient (Wildman–Crippen LogP) is 3.01. The van der Waals surface area contributed by atoms with Crippen molar-refractivity contribution in [2.75, 3.05) is 19.6 Å². The van der Waals surface area contributed by atoms with Crippen LogP contribution in [0.5, 0.6) is 0 Å². The summed E-state index contributed by atoms with van der Waals surface area (Å²) in [5, 5.41) is 5.21. The summed E-state index contributed by atoms with van der Waals surface area (Å²) >= 11 is 1.77. The van der Waals surface area contributed by atoms with E-state index < -0.39 is 6.04 Å². The summed E-state index contributed by atoms with van der Waals surface area (Å²) in [6, 6.07) is 4.13. The third-order valence-electron chi connectivity index (χ3n) is 5.16. The Kier molecular flexibility index (Phi) is 7.06. The SMILES string of the molecule is CCC(C)C(N)C(=O)NCC(c1cccs1)N1CCC(C)CC1. The van der Waals surface area contributed by atoms with Crippen molar-refractivity contribution in [1.82, 2.24) is 10.2 Å².